The Hall–Kier alpha value is -1.34. The van der Waals surface area contributed by atoms with Crippen LogP contribution < -0.4 is 10.6 Å². The van der Waals surface area contributed by atoms with Crippen LogP contribution in [-0.2, 0) is 14.3 Å². The van der Waals surface area contributed by atoms with Crippen molar-refractivity contribution in [1.82, 2.24) is 15.5 Å². The molecular formula is C14H27N3O4. The molecule has 7 nitrogen and oxygen atoms in total. The van der Waals surface area contributed by atoms with Crippen LogP contribution in [0.25, 0.3) is 0 Å². The standard InChI is InChI=1S/C14H27N3O4/c1-4-11(2)12(13(18)20-3)16-14(19)15-5-6-17-7-9-21-10-8-17/h11-12H,4-10H2,1-3H3,(H2,15,16,19). The Balaban J connectivity index is 2.30. The molecule has 0 radical (unpaired) electrons. The molecule has 0 aromatic rings. The van der Waals surface area contributed by atoms with Crippen molar-refractivity contribution in [3.8, 4) is 0 Å². The summed E-state index contributed by atoms with van der Waals surface area (Å²) in [5.41, 5.74) is 0. The summed E-state index contributed by atoms with van der Waals surface area (Å²) in [6.45, 7) is 8.47. The molecule has 7 heteroatoms. The van der Waals surface area contributed by atoms with Gasteiger partial charge >= 0.3 is 12.0 Å². The number of morpholine rings is 1. The minimum absolute atomic E-state index is 0.0300. The molecule has 2 amide bonds. The van der Waals surface area contributed by atoms with Gasteiger partial charge in [0.05, 0.1) is 20.3 Å². The number of hydrogen-bond acceptors (Lipinski definition) is 5. The molecule has 0 bridgehead atoms. The van der Waals surface area contributed by atoms with Gasteiger partial charge in [0.25, 0.3) is 0 Å². The first-order valence-electron chi connectivity index (χ1n) is 7.50. The van der Waals surface area contributed by atoms with Gasteiger partial charge in [-0.25, -0.2) is 9.59 Å². The number of carbonyl (C=O) groups is 2. The first-order chi connectivity index (χ1) is 10.1. The fourth-order valence-corrected chi connectivity index (χ4v) is 2.14. The molecule has 122 valence electrons. The van der Waals surface area contributed by atoms with E-state index in [1.165, 1.54) is 7.11 Å². The molecule has 0 aliphatic carbocycles. The van der Waals surface area contributed by atoms with Crippen molar-refractivity contribution in [2.24, 2.45) is 5.92 Å². The highest BCUT2D eigenvalue weighted by molar-refractivity contribution is 5.83. The van der Waals surface area contributed by atoms with Crippen molar-refractivity contribution in [3.05, 3.63) is 0 Å². The third-order valence-corrected chi connectivity index (χ3v) is 3.77. The van der Waals surface area contributed by atoms with Crippen molar-refractivity contribution >= 4 is 12.0 Å². The van der Waals surface area contributed by atoms with Crippen LogP contribution in [-0.4, -0.2) is 69.4 Å². The summed E-state index contributed by atoms with van der Waals surface area (Å²) < 4.78 is 10.00. The number of amides is 2. The summed E-state index contributed by atoms with van der Waals surface area (Å²) in [5.74, 6) is -0.380. The van der Waals surface area contributed by atoms with Crippen LogP contribution in [0.2, 0.25) is 0 Å². The van der Waals surface area contributed by atoms with Crippen LogP contribution in [0.15, 0.2) is 0 Å². The highest BCUT2D eigenvalue weighted by Gasteiger charge is 2.26. The van der Waals surface area contributed by atoms with Gasteiger partial charge in [-0.2, -0.15) is 0 Å². The molecule has 21 heavy (non-hydrogen) atoms. The monoisotopic (exact) mass is 301 g/mol. The molecule has 1 rings (SSSR count). The fraction of sp³-hybridized carbons (Fsp3) is 0.857. The summed E-state index contributed by atoms with van der Waals surface area (Å²) in [6.07, 6.45) is 0.786. The van der Waals surface area contributed by atoms with Gasteiger partial charge in [-0.1, -0.05) is 20.3 Å². The molecule has 1 aliphatic rings. The molecule has 0 aromatic carbocycles. The second-order valence-electron chi connectivity index (χ2n) is 5.24. The highest BCUT2D eigenvalue weighted by Crippen LogP contribution is 2.08. The average Bonchev–Trinajstić information content (AvgIpc) is 2.52. The highest BCUT2D eigenvalue weighted by atomic mass is 16.5. The molecule has 0 spiro atoms. The Kier molecular flexibility index (Phi) is 8.07. The smallest absolute Gasteiger partial charge is 0.328 e. The van der Waals surface area contributed by atoms with Crippen molar-refractivity contribution in [2.45, 2.75) is 26.3 Å². The number of rotatable bonds is 7. The number of nitrogens with zero attached hydrogens (tertiary/aromatic N) is 1. The summed E-state index contributed by atoms with van der Waals surface area (Å²) in [7, 11) is 1.33. The van der Waals surface area contributed by atoms with Gasteiger partial charge in [0.15, 0.2) is 0 Å². The van der Waals surface area contributed by atoms with Gasteiger partial charge in [0, 0.05) is 26.2 Å². The number of esters is 1. The first-order valence-corrected chi connectivity index (χ1v) is 7.50. The van der Waals surface area contributed by atoms with Crippen LogP contribution >= 0.6 is 0 Å². The van der Waals surface area contributed by atoms with E-state index in [-0.39, 0.29) is 11.9 Å². The zero-order valence-corrected chi connectivity index (χ0v) is 13.2. The van der Waals surface area contributed by atoms with Gasteiger partial charge in [-0.05, 0) is 5.92 Å². The van der Waals surface area contributed by atoms with E-state index in [0.29, 0.717) is 6.54 Å². The molecule has 1 saturated heterocycles. The second-order valence-corrected chi connectivity index (χ2v) is 5.24. The molecule has 0 saturated carbocycles. The maximum Gasteiger partial charge on any atom is 0.328 e. The summed E-state index contributed by atoms with van der Waals surface area (Å²) in [5, 5.41) is 5.47. The minimum Gasteiger partial charge on any atom is -0.467 e. The molecule has 1 fully saturated rings. The molecule has 2 atom stereocenters. The zero-order valence-electron chi connectivity index (χ0n) is 13.2. The van der Waals surface area contributed by atoms with E-state index >= 15 is 0 Å². The zero-order chi connectivity index (χ0) is 15.7. The Morgan fingerprint density at radius 2 is 2.00 bits per heavy atom. The van der Waals surface area contributed by atoms with E-state index in [2.05, 4.69) is 15.5 Å². The largest absolute Gasteiger partial charge is 0.467 e. The topological polar surface area (TPSA) is 79.9 Å². The molecule has 2 unspecified atom stereocenters. The number of carbonyl (C=O) groups excluding carboxylic acids is 2. The first kappa shape index (κ1) is 17.7. The number of methoxy groups -OCH3 is 1. The van der Waals surface area contributed by atoms with Crippen LogP contribution in [0.5, 0.6) is 0 Å². The van der Waals surface area contributed by atoms with E-state index in [9.17, 15) is 9.59 Å². The van der Waals surface area contributed by atoms with E-state index in [0.717, 1.165) is 39.3 Å². The van der Waals surface area contributed by atoms with E-state index in [1.807, 2.05) is 13.8 Å². The van der Waals surface area contributed by atoms with Crippen LogP contribution in [0.1, 0.15) is 20.3 Å². The van der Waals surface area contributed by atoms with Gasteiger partial charge in [0.1, 0.15) is 6.04 Å². The molecule has 2 N–H and O–H groups in total. The van der Waals surface area contributed by atoms with Gasteiger partial charge < -0.3 is 20.1 Å². The number of hydrogen-bond donors (Lipinski definition) is 2. The maximum absolute atomic E-state index is 11.9. The van der Waals surface area contributed by atoms with E-state index in [1.54, 1.807) is 0 Å². The van der Waals surface area contributed by atoms with Crippen LogP contribution in [0.3, 0.4) is 0 Å². The Bertz CT molecular complexity index is 332. The lowest BCUT2D eigenvalue weighted by Crippen LogP contribution is -2.51. The predicted octanol–water partition coefficient (Wildman–Crippen LogP) is 0.206. The third kappa shape index (κ3) is 6.31. The average molecular weight is 301 g/mol. The lowest BCUT2D eigenvalue weighted by atomic mass is 9.99. The normalized spacial score (nSPS) is 18.6. The molecule has 1 heterocycles. The number of ether oxygens (including phenoxy) is 2. The second kappa shape index (κ2) is 9.57. The quantitative estimate of drug-likeness (QED) is 0.657. The summed E-state index contributed by atoms with van der Waals surface area (Å²) in [6, 6.07) is -0.942. The minimum atomic E-state index is -0.608. The lowest BCUT2D eigenvalue weighted by Gasteiger charge is -2.27. The van der Waals surface area contributed by atoms with Crippen LogP contribution in [0, 0.1) is 5.92 Å². The van der Waals surface area contributed by atoms with Crippen molar-refractivity contribution in [2.75, 3.05) is 46.5 Å². The van der Waals surface area contributed by atoms with Gasteiger partial charge in [-0.15, -0.1) is 0 Å². The predicted molar refractivity (Wildman–Crippen MR) is 79.1 cm³/mol. The summed E-state index contributed by atoms with van der Waals surface area (Å²) >= 11 is 0. The van der Waals surface area contributed by atoms with Crippen molar-refractivity contribution in [3.63, 3.8) is 0 Å². The fourth-order valence-electron chi connectivity index (χ4n) is 2.14. The van der Waals surface area contributed by atoms with Gasteiger partial charge in [0.2, 0.25) is 0 Å². The molecule has 0 aromatic heterocycles. The van der Waals surface area contributed by atoms with Crippen molar-refractivity contribution in [1.29, 1.82) is 0 Å². The summed E-state index contributed by atoms with van der Waals surface area (Å²) in [4.78, 5) is 25.8. The Labute approximate surface area is 126 Å². The maximum atomic E-state index is 11.9. The molecule has 1 aliphatic heterocycles. The van der Waals surface area contributed by atoms with Gasteiger partial charge in [-0.3, -0.25) is 4.90 Å². The Morgan fingerprint density at radius 3 is 2.57 bits per heavy atom. The van der Waals surface area contributed by atoms with E-state index in [4.69, 9.17) is 9.47 Å². The van der Waals surface area contributed by atoms with E-state index < -0.39 is 12.0 Å². The lowest BCUT2D eigenvalue weighted by molar-refractivity contribution is -0.144. The number of urea groups is 1. The SMILES string of the molecule is CCC(C)C(NC(=O)NCCN1CCOCC1)C(=O)OC. The number of nitrogens with one attached hydrogen (secondary N) is 2. The third-order valence-electron chi connectivity index (χ3n) is 3.77. The molecular weight excluding hydrogens is 274 g/mol. The van der Waals surface area contributed by atoms with Crippen LogP contribution in [0.4, 0.5) is 4.79 Å². The Morgan fingerprint density at radius 1 is 1.33 bits per heavy atom. The van der Waals surface area contributed by atoms with Crippen molar-refractivity contribution < 1.29 is 19.1 Å².